The Kier molecular flexibility index (Phi) is 4.68. The first-order valence-corrected chi connectivity index (χ1v) is 6.62. The van der Waals surface area contributed by atoms with Crippen molar-refractivity contribution in [1.82, 2.24) is 0 Å². The molecule has 0 radical (unpaired) electrons. The lowest BCUT2D eigenvalue weighted by molar-refractivity contribution is 0.0600. The molecule has 2 aromatic carbocycles. The smallest absolute Gasteiger partial charge is 0.337 e. The first-order valence-electron chi connectivity index (χ1n) is 6.62. The summed E-state index contributed by atoms with van der Waals surface area (Å²) in [4.78, 5) is 35.0. The average Bonchev–Trinajstić information content (AvgIpc) is 2.54. The summed E-state index contributed by atoms with van der Waals surface area (Å²) in [5.41, 5.74) is 1.66. The maximum atomic E-state index is 12.2. The summed E-state index contributed by atoms with van der Waals surface area (Å²) in [5.74, 6) is -0.955. The Hall–Kier alpha value is -2.95. The molecule has 0 aromatic heterocycles. The molecule has 2 aromatic rings. The molecule has 0 atom stereocenters. The molecule has 5 nitrogen and oxygen atoms in total. The zero-order valence-corrected chi connectivity index (χ0v) is 12.3. The summed E-state index contributed by atoms with van der Waals surface area (Å²) in [6.45, 7) is 1.46. The predicted molar refractivity (Wildman–Crippen MR) is 82.2 cm³/mol. The number of methoxy groups -OCH3 is 1. The topological polar surface area (TPSA) is 72.5 Å². The third-order valence-electron chi connectivity index (χ3n) is 3.07. The van der Waals surface area contributed by atoms with Crippen LogP contribution in [-0.4, -0.2) is 24.8 Å². The average molecular weight is 297 g/mol. The van der Waals surface area contributed by atoms with E-state index in [1.165, 1.54) is 20.1 Å². The van der Waals surface area contributed by atoms with Crippen LogP contribution in [0.1, 0.15) is 38.0 Å². The highest BCUT2D eigenvalue weighted by Gasteiger charge is 2.11. The van der Waals surface area contributed by atoms with Crippen molar-refractivity contribution in [1.29, 1.82) is 0 Å². The number of hydrogen-bond donors (Lipinski definition) is 1. The molecule has 22 heavy (non-hydrogen) atoms. The summed E-state index contributed by atoms with van der Waals surface area (Å²) in [7, 11) is 1.28. The Morgan fingerprint density at radius 1 is 0.909 bits per heavy atom. The van der Waals surface area contributed by atoms with Crippen molar-refractivity contribution in [3.63, 3.8) is 0 Å². The van der Waals surface area contributed by atoms with E-state index in [0.717, 1.165) is 0 Å². The van der Waals surface area contributed by atoms with Gasteiger partial charge in [0.1, 0.15) is 0 Å². The van der Waals surface area contributed by atoms with Crippen molar-refractivity contribution in [2.45, 2.75) is 6.92 Å². The van der Waals surface area contributed by atoms with Gasteiger partial charge in [-0.15, -0.1) is 0 Å². The van der Waals surface area contributed by atoms with Crippen LogP contribution < -0.4 is 5.32 Å². The van der Waals surface area contributed by atoms with Crippen LogP contribution in [0.3, 0.4) is 0 Å². The summed E-state index contributed by atoms with van der Waals surface area (Å²) >= 11 is 0. The highest BCUT2D eigenvalue weighted by Crippen LogP contribution is 2.14. The Morgan fingerprint density at radius 3 is 2.23 bits per heavy atom. The quantitative estimate of drug-likeness (QED) is 0.695. The first kappa shape index (κ1) is 15.4. The number of anilines is 1. The van der Waals surface area contributed by atoms with Gasteiger partial charge in [0.15, 0.2) is 5.78 Å². The minimum absolute atomic E-state index is 0.0798. The maximum absolute atomic E-state index is 12.2. The lowest BCUT2D eigenvalue weighted by Gasteiger charge is -2.07. The summed E-state index contributed by atoms with van der Waals surface area (Å²) in [6.07, 6.45) is 0. The standard InChI is InChI=1S/C17H15NO4/c1-11(19)12-5-4-8-15(10-12)18-16(20)13-6-3-7-14(9-13)17(21)22-2/h3-10H,1-2H3,(H,18,20). The molecule has 0 unspecified atom stereocenters. The zero-order chi connectivity index (χ0) is 16.1. The number of ketones is 1. The molecule has 0 spiro atoms. The number of ether oxygens (including phenoxy) is 1. The lowest BCUT2D eigenvalue weighted by Crippen LogP contribution is -2.13. The second kappa shape index (κ2) is 6.67. The SMILES string of the molecule is COC(=O)c1cccc(C(=O)Nc2cccc(C(C)=O)c2)c1. The highest BCUT2D eigenvalue weighted by atomic mass is 16.5. The third kappa shape index (κ3) is 3.58. The number of esters is 1. The fourth-order valence-corrected chi connectivity index (χ4v) is 1.92. The third-order valence-corrected chi connectivity index (χ3v) is 3.07. The minimum Gasteiger partial charge on any atom is -0.465 e. The molecule has 0 aliphatic heterocycles. The van der Waals surface area contributed by atoms with E-state index in [2.05, 4.69) is 10.1 Å². The number of rotatable bonds is 4. The predicted octanol–water partition coefficient (Wildman–Crippen LogP) is 2.93. The molecule has 0 fully saturated rings. The van der Waals surface area contributed by atoms with Crippen LogP contribution in [0.25, 0.3) is 0 Å². The van der Waals surface area contributed by atoms with Crippen molar-refractivity contribution in [2.24, 2.45) is 0 Å². The van der Waals surface area contributed by atoms with Gasteiger partial charge in [0.25, 0.3) is 5.91 Å². The summed E-state index contributed by atoms with van der Waals surface area (Å²) in [5, 5.41) is 2.69. The molecule has 0 saturated heterocycles. The molecule has 0 aliphatic carbocycles. The van der Waals surface area contributed by atoms with Gasteiger partial charge in [-0.25, -0.2) is 4.79 Å². The van der Waals surface area contributed by atoms with Crippen molar-refractivity contribution < 1.29 is 19.1 Å². The second-order valence-corrected chi connectivity index (χ2v) is 4.66. The van der Waals surface area contributed by atoms with E-state index >= 15 is 0 Å². The number of nitrogens with one attached hydrogen (secondary N) is 1. The minimum atomic E-state index is -0.506. The normalized spacial score (nSPS) is 9.91. The molecule has 1 N–H and O–H groups in total. The van der Waals surface area contributed by atoms with Gasteiger partial charge < -0.3 is 10.1 Å². The van der Waals surface area contributed by atoms with E-state index < -0.39 is 5.97 Å². The van der Waals surface area contributed by atoms with Crippen LogP contribution in [0.5, 0.6) is 0 Å². The lowest BCUT2D eigenvalue weighted by atomic mass is 10.1. The zero-order valence-electron chi connectivity index (χ0n) is 12.3. The fraction of sp³-hybridized carbons (Fsp3) is 0.118. The van der Waals surface area contributed by atoms with E-state index in [1.807, 2.05) is 0 Å². The van der Waals surface area contributed by atoms with E-state index in [4.69, 9.17) is 0 Å². The van der Waals surface area contributed by atoms with Crippen LogP contribution >= 0.6 is 0 Å². The Bertz CT molecular complexity index is 737. The fourth-order valence-electron chi connectivity index (χ4n) is 1.92. The van der Waals surface area contributed by atoms with Crippen LogP contribution in [-0.2, 0) is 4.74 Å². The largest absolute Gasteiger partial charge is 0.465 e. The van der Waals surface area contributed by atoms with Gasteiger partial charge >= 0.3 is 5.97 Å². The highest BCUT2D eigenvalue weighted by molar-refractivity contribution is 6.06. The van der Waals surface area contributed by atoms with Crippen LogP contribution in [0.2, 0.25) is 0 Å². The molecule has 5 heteroatoms. The molecule has 2 rings (SSSR count). The Balaban J connectivity index is 2.20. The van der Waals surface area contributed by atoms with Crippen LogP contribution in [0.4, 0.5) is 5.69 Å². The van der Waals surface area contributed by atoms with Crippen molar-refractivity contribution >= 4 is 23.3 Å². The van der Waals surface area contributed by atoms with Crippen molar-refractivity contribution in [2.75, 3.05) is 12.4 Å². The number of amides is 1. The van der Waals surface area contributed by atoms with E-state index in [9.17, 15) is 14.4 Å². The van der Waals surface area contributed by atoms with Crippen molar-refractivity contribution in [3.8, 4) is 0 Å². The molecule has 0 bridgehead atoms. The van der Waals surface area contributed by atoms with Gasteiger partial charge in [-0.05, 0) is 37.3 Å². The van der Waals surface area contributed by atoms with Crippen LogP contribution in [0.15, 0.2) is 48.5 Å². The summed E-state index contributed by atoms with van der Waals surface area (Å²) < 4.78 is 4.62. The van der Waals surface area contributed by atoms with E-state index in [1.54, 1.807) is 42.5 Å². The van der Waals surface area contributed by atoms with Gasteiger partial charge in [-0.1, -0.05) is 18.2 Å². The number of Topliss-reactive ketones (excluding diaryl/α,β-unsaturated/α-hetero) is 1. The monoisotopic (exact) mass is 297 g/mol. The van der Waals surface area contributed by atoms with Gasteiger partial charge in [0.2, 0.25) is 0 Å². The Labute approximate surface area is 127 Å². The number of benzene rings is 2. The van der Waals surface area contributed by atoms with E-state index in [0.29, 0.717) is 22.4 Å². The van der Waals surface area contributed by atoms with E-state index in [-0.39, 0.29) is 11.7 Å². The Morgan fingerprint density at radius 2 is 1.55 bits per heavy atom. The summed E-state index contributed by atoms with van der Waals surface area (Å²) in [6, 6.07) is 12.9. The first-order chi connectivity index (χ1) is 10.5. The van der Waals surface area contributed by atoms with Gasteiger partial charge in [-0.3, -0.25) is 9.59 Å². The molecular formula is C17H15NO4. The molecular weight excluding hydrogens is 282 g/mol. The number of carbonyl (C=O) groups is 3. The van der Waals surface area contributed by atoms with Crippen LogP contribution in [0, 0.1) is 0 Å². The van der Waals surface area contributed by atoms with Gasteiger partial charge in [0.05, 0.1) is 12.7 Å². The van der Waals surface area contributed by atoms with Crippen molar-refractivity contribution in [3.05, 3.63) is 65.2 Å². The molecule has 0 saturated carbocycles. The van der Waals surface area contributed by atoms with Gasteiger partial charge in [0, 0.05) is 16.8 Å². The number of hydrogen-bond acceptors (Lipinski definition) is 4. The molecule has 0 aliphatic rings. The molecule has 0 heterocycles. The molecule has 1 amide bonds. The molecule has 112 valence electrons. The maximum Gasteiger partial charge on any atom is 0.337 e. The van der Waals surface area contributed by atoms with Gasteiger partial charge in [-0.2, -0.15) is 0 Å². The second-order valence-electron chi connectivity index (χ2n) is 4.66. The number of carbonyl (C=O) groups excluding carboxylic acids is 3.